The van der Waals surface area contributed by atoms with Crippen LogP contribution in [0.15, 0.2) is 18.2 Å². The van der Waals surface area contributed by atoms with Crippen LogP contribution in [0, 0.1) is 0 Å². The first-order valence-corrected chi connectivity index (χ1v) is 6.47. The van der Waals surface area contributed by atoms with Gasteiger partial charge < -0.3 is 15.5 Å². The zero-order chi connectivity index (χ0) is 16.4. The molecule has 0 saturated heterocycles. The number of anilines is 2. The molecule has 0 fully saturated rings. The van der Waals surface area contributed by atoms with Crippen molar-refractivity contribution in [2.45, 2.75) is 26.1 Å². The highest BCUT2D eigenvalue weighted by Crippen LogP contribution is 2.30. The number of nitrogens with two attached hydrogens (primary N) is 1. The lowest BCUT2D eigenvalue weighted by atomic mass is 10.1. The van der Waals surface area contributed by atoms with Gasteiger partial charge in [-0.3, -0.25) is 4.79 Å². The van der Waals surface area contributed by atoms with E-state index in [1.54, 1.807) is 27.9 Å². The maximum atomic E-state index is 12.7. The zero-order valence-electron chi connectivity index (χ0n) is 12.5. The van der Waals surface area contributed by atoms with Gasteiger partial charge in [0.2, 0.25) is 0 Å². The Bertz CT molecular complexity index is 513. The number of alkyl halides is 3. The Kier molecular flexibility index (Phi) is 5.09. The van der Waals surface area contributed by atoms with Crippen molar-refractivity contribution in [1.29, 1.82) is 0 Å². The molecule has 2 N–H and O–H groups in total. The Labute approximate surface area is 122 Å². The highest BCUT2D eigenvalue weighted by Gasteiger charge is 2.33. The van der Waals surface area contributed by atoms with Crippen molar-refractivity contribution in [3.8, 4) is 0 Å². The molecular formula is C14H20F3N3O. The molecule has 0 aliphatic rings. The van der Waals surface area contributed by atoms with Gasteiger partial charge in [0.1, 0.15) is 6.54 Å². The molecule has 0 heterocycles. The first-order chi connectivity index (χ1) is 9.53. The van der Waals surface area contributed by atoms with Crippen molar-refractivity contribution < 1.29 is 18.0 Å². The van der Waals surface area contributed by atoms with Crippen LogP contribution in [0.2, 0.25) is 0 Å². The lowest BCUT2D eigenvalue weighted by molar-refractivity contribution is -0.120. The van der Waals surface area contributed by atoms with E-state index in [9.17, 15) is 18.0 Å². The summed E-state index contributed by atoms with van der Waals surface area (Å²) in [5.74, 6) is -0.285. The summed E-state index contributed by atoms with van der Waals surface area (Å²) in [4.78, 5) is 14.4. The highest BCUT2D eigenvalue weighted by molar-refractivity contribution is 5.96. The minimum absolute atomic E-state index is 0.211. The number of nitrogen functional groups attached to an aromatic ring is 1. The van der Waals surface area contributed by atoms with Gasteiger partial charge in [0.25, 0.3) is 5.91 Å². The largest absolute Gasteiger partial charge is 0.405 e. The molecule has 0 saturated carbocycles. The average molecular weight is 303 g/mol. The van der Waals surface area contributed by atoms with E-state index < -0.39 is 18.8 Å². The summed E-state index contributed by atoms with van der Waals surface area (Å²) in [7, 11) is 3.16. The normalized spacial score (nSPS) is 11.6. The summed E-state index contributed by atoms with van der Waals surface area (Å²) >= 11 is 0. The van der Waals surface area contributed by atoms with Crippen LogP contribution >= 0.6 is 0 Å². The number of hydrogen-bond donors (Lipinski definition) is 1. The number of carbonyl (C=O) groups excluding carboxylic acids is 1. The number of nitrogens with zero attached hydrogens (tertiary/aromatic N) is 2. The van der Waals surface area contributed by atoms with Gasteiger partial charge in [0.15, 0.2) is 0 Å². The predicted molar refractivity (Wildman–Crippen MR) is 77.4 cm³/mol. The van der Waals surface area contributed by atoms with Crippen molar-refractivity contribution in [2.24, 2.45) is 0 Å². The lowest BCUT2D eigenvalue weighted by Gasteiger charge is -2.31. The van der Waals surface area contributed by atoms with E-state index in [1.165, 1.54) is 23.1 Å². The predicted octanol–water partition coefficient (Wildman–Crippen LogP) is 2.75. The maximum Gasteiger partial charge on any atom is 0.405 e. The Morgan fingerprint density at radius 1 is 1.29 bits per heavy atom. The third-order valence-electron chi connectivity index (χ3n) is 2.97. The second kappa shape index (κ2) is 6.24. The summed E-state index contributed by atoms with van der Waals surface area (Å²) in [6.45, 7) is 2.17. The van der Waals surface area contributed by atoms with E-state index in [2.05, 4.69) is 0 Å². The van der Waals surface area contributed by atoms with Gasteiger partial charge in [-0.1, -0.05) is 0 Å². The van der Waals surface area contributed by atoms with Crippen LogP contribution in [0.5, 0.6) is 0 Å². The second-order valence-corrected chi connectivity index (χ2v) is 5.31. The molecule has 4 nitrogen and oxygen atoms in total. The third-order valence-corrected chi connectivity index (χ3v) is 2.97. The van der Waals surface area contributed by atoms with Gasteiger partial charge >= 0.3 is 6.18 Å². The maximum absolute atomic E-state index is 12.7. The van der Waals surface area contributed by atoms with E-state index in [-0.39, 0.29) is 17.3 Å². The van der Waals surface area contributed by atoms with E-state index >= 15 is 0 Å². The Morgan fingerprint density at radius 2 is 1.86 bits per heavy atom. The van der Waals surface area contributed by atoms with Crippen LogP contribution < -0.4 is 10.6 Å². The lowest BCUT2D eigenvalue weighted by Crippen LogP contribution is -2.39. The molecule has 1 rings (SSSR count). The number of halogens is 3. The number of rotatable bonds is 4. The number of benzene rings is 1. The van der Waals surface area contributed by atoms with E-state index in [0.29, 0.717) is 5.56 Å². The highest BCUT2D eigenvalue weighted by atomic mass is 19.4. The molecule has 0 radical (unpaired) electrons. The van der Waals surface area contributed by atoms with Crippen molar-refractivity contribution in [2.75, 3.05) is 31.3 Å². The molecule has 0 aromatic heterocycles. The number of amides is 1. The molecule has 0 unspecified atom stereocenters. The molecule has 118 valence electrons. The number of hydrogen-bond acceptors (Lipinski definition) is 3. The van der Waals surface area contributed by atoms with Crippen LogP contribution in [-0.2, 0) is 0 Å². The van der Waals surface area contributed by atoms with Gasteiger partial charge in [-0.05, 0) is 32.0 Å². The molecule has 0 aliphatic heterocycles. The standard InChI is InChI=1S/C14H20F3N3O/c1-9(2)20(8-14(15,16)17)12-7-10(5-6-11(12)18)13(21)19(3)4/h5-7,9H,8,18H2,1-4H3. The Hall–Kier alpha value is -1.92. The second-order valence-electron chi connectivity index (χ2n) is 5.31. The fourth-order valence-electron chi connectivity index (χ4n) is 1.92. The van der Waals surface area contributed by atoms with Crippen molar-refractivity contribution in [3.05, 3.63) is 23.8 Å². The smallest absolute Gasteiger partial charge is 0.397 e. The zero-order valence-corrected chi connectivity index (χ0v) is 12.5. The molecule has 0 bridgehead atoms. The van der Waals surface area contributed by atoms with Gasteiger partial charge in [-0.2, -0.15) is 13.2 Å². The minimum Gasteiger partial charge on any atom is -0.397 e. The summed E-state index contributed by atoms with van der Waals surface area (Å²) in [5, 5.41) is 0. The fraction of sp³-hybridized carbons (Fsp3) is 0.500. The topological polar surface area (TPSA) is 49.6 Å². The summed E-state index contributed by atoms with van der Waals surface area (Å²) < 4.78 is 38.1. The summed E-state index contributed by atoms with van der Waals surface area (Å²) in [5.41, 5.74) is 6.52. The first-order valence-electron chi connectivity index (χ1n) is 6.47. The summed E-state index contributed by atoms with van der Waals surface area (Å²) in [6, 6.07) is 3.97. The van der Waals surface area contributed by atoms with Gasteiger partial charge in [0, 0.05) is 25.7 Å². The van der Waals surface area contributed by atoms with Crippen LogP contribution in [0.1, 0.15) is 24.2 Å². The van der Waals surface area contributed by atoms with Gasteiger partial charge in [0.05, 0.1) is 11.4 Å². The van der Waals surface area contributed by atoms with Crippen LogP contribution in [-0.4, -0.2) is 43.7 Å². The Morgan fingerprint density at radius 3 is 2.29 bits per heavy atom. The van der Waals surface area contributed by atoms with Crippen LogP contribution in [0.25, 0.3) is 0 Å². The SMILES string of the molecule is CC(C)N(CC(F)(F)F)c1cc(C(=O)N(C)C)ccc1N. The van der Waals surface area contributed by atoms with E-state index in [1.807, 2.05) is 0 Å². The summed E-state index contributed by atoms with van der Waals surface area (Å²) in [6.07, 6.45) is -4.35. The third kappa shape index (κ3) is 4.54. The Balaban J connectivity index is 3.25. The monoisotopic (exact) mass is 303 g/mol. The quantitative estimate of drug-likeness (QED) is 0.870. The average Bonchev–Trinajstić information content (AvgIpc) is 2.34. The molecule has 0 spiro atoms. The molecule has 0 atom stereocenters. The van der Waals surface area contributed by atoms with Gasteiger partial charge in [-0.15, -0.1) is 0 Å². The number of carbonyl (C=O) groups is 1. The molecule has 0 aliphatic carbocycles. The molecule has 1 aromatic rings. The molecule has 1 aromatic carbocycles. The molecular weight excluding hydrogens is 283 g/mol. The van der Waals surface area contributed by atoms with Crippen molar-refractivity contribution >= 4 is 17.3 Å². The van der Waals surface area contributed by atoms with Crippen molar-refractivity contribution in [1.82, 2.24) is 4.90 Å². The van der Waals surface area contributed by atoms with E-state index in [4.69, 9.17) is 5.73 Å². The molecule has 21 heavy (non-hydrogen) atoms. The minimum atomic E-state index is -4.35. The van der Waals surface area contributed by atoms with Crippen molar-refractivity contribution in [3.63, 3.8) is 0 Å². The molecule has 7 heteroatoms. The van der Waals surface area contributed by atoms with Crippen LogP contribution in [0.4, 0.5) is 24.5 Å². The molecule has 1 amide bonds. The fourth-order valence-corrected chi connectivity index (χ4v) is 1.92. The van der Waals surface area contributed by atoms with Gasteiger partial charge in [-0.25, -0.2) is 0 Å². The van der Waals surface area contributed by atoms with Crippen LogP contribution in [0.3, 0.4) is 0 Å². The van der Waals surface area contributed by atoms with E-state index in [0.717, 1.165) is 4.90 Å². The first kappa shape index (κ1) is 17.1.